The summed E-state index contributed by atoms with van der Waals surface area (Å²) in [6.45, 7) is 0.829. The first-order chi connectivity index (χ1) is 12.7. The van der Waals surface area contributed by atoms with Crippen LogP contribution in [0, 0.1) is 34.8 Å². The summed E-state index contributed by atoms with van der Waals surface area (Å²) in [6.07, 6.45) is 12.5. The lowest BCUT2D eigenvalue weighted by molar-refractivity contribution is -0.00339. The molecule has 2 aliphatic rings. The Kier molecular flexibility index (Phi) is 6.80. The summed E-state index contributed by atoms with van der Waals surface area (Å²) >= 11 is 0. The van der Waals surface area contributed by atoms with Crippen LogP contribution in [0.2, 0.25) is 0 Å². The largest absolute Gasteiger partial charge is 0.378 e. The third-order valence-corrected chi connectivity index (χ3v) is 5.99. The van der Waals surface area contributed by atoms with E-state index in [9.17, 15) is 8.78 Å². The summed E-state index contributed by atoms with van der Waals surface area (Å²) in [7, 11) is 0. The molecule has 1 aromatic carbocycles. The van der Waals surface area contributed by atoms with Gasteiger partial charge in [-0.05, 0) is 86.8 Å². The molecule has 0 radical (unpaired) electrons. The molecule has 0 aliphatic heterocycles. The third kappa shape index (κ3) is 5.14. The van der Waals surface area contributed by atoms with Gasteiger partial charge in [0.05, 0.1) is 12.2 Å². The molecule has 2 aliphatic carbocycles. The molecule has 26 heavy (non-hydrogen) atoms. The smallest absolute Gasteiger partial charge is 0.159 e. The molecule has 0 spiro atoms. The zero-order valence-corrected chi connectivity index (χ0v) is 15.2. The van der Waals surface area contributed by atoms with Gasteiger partial charge in [-0.3, -0.25) is 0 Å². The van der Waals surface area contributed by atoms with Gasteiger partial charge in [0.2, 0.25) is 0 Å². The van der Waals surface area contributed by atoms with Crippen molar-refractivity contribution < 1.29 is 13.5 Å². The van der Waals surface area contributed by atoms with Gasteiger partial charge in [-0.15, -0.1) is 0 Å². The van der Waals surface area contributed by atoms with Gasteiger partial charge < -0.3 is 4.74 Å². The second-order valence-electron chi connectivity index (χ2n) is 7.75. The fraction of sp³-hybridized carbons (Fsp3) is 0.591. The summed E-state index contributed by atoms with van der Waals surface area (Å²) in [6, 6.07) is 6.36. The number of nitriles is 1. The molecule has 0 heterocycles. The van der Waals surface area contributed by atoms with E-state index >= 15 is 0 Å². The molecule has 3 rings (SSSR count). The molecular formula is C22H27F2NO. The molecule has 2 saturated carbocycles. The molecule has 0 amide bonds. The molecular weight excluding hydrogens is 332 g/mol. The van der Waals surface area contributed by atoms with Gasteiger partial charge in [0, 0.05) is 12.7 Å². The second kappa shape index (κ2) is 9.28. The highest BCUT2D eigenvalue weighted by atomic mass is 19.2. The van der Waals surface area contributed by atoms with Crippen molar-refractivity contribution in [3.8, 4) is 6.07 Å². The lowest BCUT2D eigenvalue weighted by atomic mass is 9.81. The monoisotopic (exact) mass is 359 g/mol. The van der Waals surface area contributed by atoms with Crippen molar-refractivity contribution in [3.63, 3.8) is 0 Å². The highest BCUT2D eigenvalue weighted by Crippen LogP contribution is 2.36. The van der Waals surface area contributed by atoms with Crippen LogP contribution in [0.15, 0.2) is 30.4 Å². The Morgan fingerprint density at radius 1 is 1.00 bits per heavy atom. The predicted octanol–water partition coefficient (Wildman–Crippen LogP) is 5.89. The fourth-order valence-electron chi connectivity index (χ4n) is 4.33. The number of ether oxygens (including phenoxy) is 1. The van der Waals surface area contributed by atoms with Crippen molar-refractivity contribution >= 4 is 0 Å². The Bertz CT molecular complexity index is 651. The summed E-state index contributed by atoms with van der Waals surface area (Å²) in [4.78, 5) is 0. The number of benzene rings is 1. The first-order valence-electron chi connectivity index (χ1n) is 9.78. The molecule has 0 aromatic heterocycles. The van der Waals surface area contributed by atoms with Gasteiger partial charge in [0.25, 0.3) is 0 Å². The highest BCUT2D eigenvalue weighted by Gasteiger charge is 2.25. The molecule has 0 bridgehead atoms. The maximum Gasteiger partial charge on any atom is 0.159 e. The molecule has 1 aromatic rings. The van der Waals surface area contributed by atoms with E-state index in [2.05, 4.69) is 6.07 Å². The minimum Gasteiger partial charge on any atom is -0.378 e. The van der Waals surface area contributed by atoms with Crippen molar-refractivity contribution in [3.05, 3.63) is 47.5 Å². The normalized spacial score (nSPS) is 29.6. The maximum atomic E-state index is 13.4. The van der Waals surface area contributed by atoms with E-state index in [0.29, 0.717) is 23.9 Å². The van der Waals surface area contributed by atoms with Crippen LogP contribution in [0.4, 0.5) is 8.78 Å². The van der Waals surface area contributed by atoms with Crippen molar-refractivity contribution in [1.82, 2.24) is 0 Å². The second-order valence-corrected chi connectivity index (χ2v) is 7.75. The first-order valence-corrected chi connectivity index (χ1v) is 9.78. The molecule has 140 valence electrons. The third-order valence-electron chi connectivity index (χ3n) is 5.99. The average molecular weight is 359 g/mol. The van der Waals surface area contributed by atoms with E-state index in [-0.39, 0.29) is 0 Å². The van der Waals surface area contributed by atoms with Crippen LogP contribution in [0.1, 0.15) is 62.8 Å². The number of rotatable bonds is 5. The zero-order valence-electron chi connectivity index (χ0n) is 15.2. The van der Waals surface area contributed by atoms with Gasteiger partial charge in [0.1, 0.15) is 0 Å². The molecule has 2 nitrogen and oxygen atoms in total. The standard InChI is InChI=1S/C22H27F2NO/c23-21-12-9-19(14-22(21)24)18-7-10-20(11-8-18)26-15-17-5-3-16(4-6-17)2-1-13-25/h1-2,9,12,14,16-18,20H,3-8,10-11,15H2. The van der Waals surface area contributed by atoms with Crippen LogP contribution in [-0.4, -0.2) is 12.7 Å². The van der Waals surface area contributed by atoms with E-state index < -0.39 is 11.6 Å². The van der Waals surface area contributed by atoms with Gasteiger partial charge >= 0.3 is 0 Å². The topological polar surface area (TPSA) is 33.0 Å². The molecule has 0 saturated heterocycles. The van der Waals surface area contributed by atoms with Crippen LogP contribution >= 0.6 is 0 Å². The molecule has 4 heteroatoms. The number of hydrogen-bond acceptors (Lipinski definition) is 2. The summed E-state index contributed by atoms with van der Waals surface area (Å²) in [5.41, 5.74) is 0.908. The SMILES string of the molecule is N#CC=CC1CCC(COC2CCC(c3ccc(F)c(F)c3)CC2)CC1. The fourth-order valence-corrected chi connectivity index (χ4v) is 4.33. The molecule has 2 fully saturated rings. The van der Waals surface area contributed by atoms with Crippen LogP contribution in [-0.2, 0) is 4.74 Å². The van der Waals surface area contributed by atoms with Gasteiger partial charge in [0.15, 0.2) is 11.6 Å². The lowest BCUT2D eigenvalue weighted by Crippen LogP contribution is -2.25. The Balaban J connectivity index is 1.38. The van der Waals surface area contributed by atoms with E-state index in [1.807, 2.05) is 6.08 Å². The quantitative estimate of drug-likeness (QED) is 0.614. The highest BCUT2D eigenvalue weighted by molar-refractivity contribution is 5.22. The molecule has 0 N–H and O–H groups in total. The average Bonchev–Trinajstić information content (AvgIpc) is 2.68. The summed E-state index contributed by atoms with van der Waals surface area (Å²) in [5.74, 6) is -0.0277. The zero-order chi connectivity index (χ0) is 18.4. The number of hydrogen-bond donors (Lipinski definition) is 0. The first kappa shape index (κ1) is 19.0. The number of allylic oxidation sites excluding steroid dienone is 2. The van der Waals surface area contributed by atoms with Gasteiger partial charge in [-0.25, -0.2) is 8.78 Å². The van der Waals surface area contributed by atoms with Crippen LogP contribution < -0.4 is 0 Å². The van der Waals surface area contributed by atoms with Crippen molar-refractivity contribution in [1.29, 1.82) is 5.26 Å². The Morgan fingerprint density at radius 2 is 1.73 bits per heavy atom. The lowest BCUT2D eigenvalue weighted by Gasteiger charge is -2.32. The van der Waals surface area contributed by atoms with E-state index in [4.69, 9.17) is 10.00 Å². The summed E-state index contributed by atoms with van der Waals surface area (Å²) in [5, 5.41) is 8.60. The Hall–Kier alpha value is -1.73. The number of nitrogens with zero attached hydrogens (tertiary/aromatic N) is 1. The van der Waals surface area contributed by atoms with E-state index in [1.54, 1.807) is 12.1 Å². The Morgan fingerprint density at radius 3 is 2.38 bits per heavy atom. The minimum atomic E-state index is -0.774. The summed E-state index contributed by atoms with van der Waals surface area (Å²) < 4.78 is 32.7. The molecule has 0 unspecified atom stereocenters. The minimum absolute atomic E-state index is 0.299. The van der Waals surface area contributed by atoms with E-state index in [0.717, 1.165) is 50.7 Å². The predicted molar refractivity (Wildman–Crippen MR) is 97.5 cm³/mol. The van der Waals surface area contributed by atoms with Crippen molar-refractivity contribution in [2.45, 2.75) is 63.4 Å². The Labute approximate surface area is 154 Å². The van der Waals surface area contributed by atoms with Gasteiger partial charge in [-0.2, -0.15) is 5.26 Å². The van der Waals surface area contributed by atoms with E-state index in [1.165, 1.54) is 25.0 Å². The molecule has 0 atom stereocenters. The van der Waals surface area contributed by atoms with Crippen LogP contribution in [0.25, 0.3) is 0 Å². The van der Waals surface area contributed by atoms with Crippen molar-refractivity contribution in [2.24, 2.45) is 11.8 Å². The maximum absolute atomic E-state index is 13.4. The van der Waals surface area contributed by atoms with Crippen LogP contribution in [0.5, 0.6) is 0 Å². The van der Waals surface area contributed by atoms with Crippen LogP contribution in [0.3, 0.4) is 0 Å². The number of halogens is 2. The van der Waals surface area contributed by atoms with Gasteiger partial charge in [-0.1, -0.05) is 12.1 Å². The van der Waals surface area contributed by atoms with Crippen molar-refractivity contribution in [2.75, 3.05) is 6.61 Å².